The summed E-state index contributed by atoms with van der Waals surface area (Å²) in [6.45, 7) is 10.2. The van der Waals surface area contributed by atoms with E-state index in [2.05, 4.69) is 0 Å². The van der Waals surface area contributed by atoms with Crippen molar-refractivity contribution in [1.29, 1.82) is 0 Å². The molecular weight excluding hydrogens is 196 g/mol. The third-order valence-electron chi connectivity index (χ3n) is 2.16. The van der Waals surface area contributed by atoms with Crippen LogP contribution in [0.3, 0.4) is 0 Å². The minimum absolute atomic E-state index is 0.0185. The van der Waals surface area contributed by atoms with E-state index in [1.807, 2.05) is 6.92 Å². The Morgan fingerprint density at radius 2 is 1.20 bits per heavy atom. The van der Waals surface area contributed by atoms with Crippen LogP contribution < -0.4 is 0 Å². The van der Waals surface area contributed by atoms with Crippen molar-refractivity contribution in [1.82, 2.24) is 0 Å². The summed E-state index contributed by atoms with van der Waals surface area (Å²) >= 11 is 0. The molecule has 0 bridgehead atoms. The van der Waals surface area contributed by atoms with Gasteiger partial charge in [0.1, 0.15) is 0 Å². The maximum Gasteiger partial charge on any atom is 0.308 e. The van der Waals surface area contributed by atoms with Gasteiger partial charge in [-0.2, -0.15) is 0 Å². The zero-order valence-electron chi connectivity index (χ0n) is 10.5. The summed E-state index contributed by atoms with van der Waals surface area (Å²) in [6.07, 6.45) is -0.815. The lowest BCUT2D eigenvalue weighted by Gasteiger charge is -2.16. The Morgan fingerprint density at radius 3 is 1.20 bits per heavy atom. The zero-order valence-corrected chi connectivity index (χ0v) is 10.5. The van der Waals surface area contributed by atoms with Crippen molar-refractivity contribution in [2.75, 3.05) is 0 Å². The van der Waals surface area contributed by atoms with Crippen LogP contribution in [0.15, 0.2) is 0 Å². The molecule has 4 heteroatoms. The van der Waals surface area contributed by atoms with Gasteiger partial charge >= 0.3 is 5.97 Å². The van der Waals surface area contributed by atoms with Gasteiger partial charge in [-0.1, -0.05) is 6.92 Å². The Labute approximate surface area is 91.9 Å². The molecule has 15 heavy (non-hydrogen) atoms. The fraction of sp³-hybridized carbons (Fsp3) is 0.909. The van der Waals surface area contributed by atoms with Gasteiger partial charge in [0.2, 0.25) is 0 Å². The van der Waals surface area contributed by atoms with Gasteiger partial charge in [0.15, 0.2) is 0 Å². The molecule has 0 fully saturated rings. The first kappa shape index (κ1) is 16.8. The molecule has 4 nitrogen and oxygen atoms in total. The molecule has 3 N–H and O–H groups in total. The highest BCUT2D eigenvalue weighted by atomic mass is 16.4. The third kappa shape index (κ3) is 9.69. The predicted molar refractivity (Wildman–Crippen MR) is 59.6 cm³/mol. The van der Waals surface area contributed by atoms with E-state index in [1.54, 1.807) is 34.6 Å². The van der Waals surface area contributed by atoms with Crippen LogP contribution in [-0.2, 0) is 4.79 Å². The predicted octanol–water partition coefficient (Wildman–Crippen LogP) is 1.50. The average molecular weight is 220 g/mol. The molecule has 92 valence electrons. The van der Waals surface area contributed by atoms with Crippen molar-refractivity contribution in [2.24, 2.45) is 11.3 Å². The van der Waals surface area contributed by atoms with Gasteiger partial charge in [0, 0.05) is 5.92 Å². The van der Waals surface area contributed by atoms with Gasteiger partial charge in [0.05, 0.1) is 17.6 Å². The summed E-state index contributed by atoms with van der Waals surface area (Å²) in [7, 11) is 0. The number of carboxylic acids is 1. The minimum Gasteiger partial charge on any atom is -0.481 e. The molecule has 0 radical (unpaired) electrons. The van der Waals surface area contributed by atoms with E-state index in [0.717, 1.165) is 0 Å². The Morgan fingerprint density at radius 1 is 1.00 bits per heavy atom. The van der Waals surface area contributed by atoms with Crippen LogP contribution in [0.25, 0.3) is 0 Å². The molecule has 0 aromatic carbocycles. The van der Waals surface area contributed by atoms with Crippen molar-refractivity contribution < 1.29 is 20.1 Å². The SMILES string of the molecule is CC(C)(C)C(=O)O.CC(O)C(C)C(C)O. The van der Waals surface area contributed by atoms with Crippen molar-refractivity contribution in [3.05, 3.63) is 0 Å². The van der Waals surface area contributed by atoms with E-state index in [-0.39, 0.29) is 5.92 Å². The second-order valence-corrected chi connectivity index (χ2v) is 4.90. The van der Waals surface area contributed by atoms with E-state index in [0.29, 0.717) is 0 Å². The first-order chi connectivity index (χ1) is 6.50. The van der Waals surface area contributed by atoms with Crippen molar-refractivity contribution in [3.63, 3.8) is 0 Å². The number of aliphatic hydroxyl groups is 2. The summed E-state index contributed by atoms with van der Waals surface area (Å²) in [5, 5.41) is 25.9. The minimum atomic E-state index is -0.757. The molecule has 0 rings (SSSR count). The lowest BCUT2D eigenvalue weighted by molar-refractivity contribution is -0.145. The molecule has 0 saturated heterocycles. The highest BCUT2D eigenvalue weighted by Gasteiger charge is 2.18. The number of aliphatic hydroxyl groups excluding tert-OH is 2. The van der Waals surface area contributed by atoms with Crippen LogP contribution in [0.5, 0.6) is 0 Å². The van der Waals surface area contributed by atoms with Crippen molar-refractivity contribution >= 4 is 5.97 Å². The molecule has 0 aliphatic rings. The van der Waals surface area contributed by atoms with Gasteiger partial charge < -0.3 is 15.3 Å². The largest absolute Gasteiger partial charge is 0.481 e. The maximum absolute atomic E-state index is 10.0. The van der Waals surface area contributed by atoms with Gasteiger partial charge in [-0.3, -0.25) is 4.79 Å². The third-order valence-corrected chi connectivity index (χ3v) is 2.16. The fourth-order valence-corrected chi connectivity index (χ4v) is 0.403. The monoisotopic (exact) mass is 220 g/mol. The lowest BCUT2D eigenvalue weighted by atomic mass is 9.98. The van der Waals surface area contributed by atoms with E-state index in [9.17, 15) is 4.79 Å². The van der Waals surface area contributed by atoms with Crippen LogP contribution in [-0.4, -0.2) is 33.5 Å². The quantitative estimate of drug-likeness (QED) is 0.659. The zero-order chi connectivity index (χ0) is 12.8. The summed E-state index contributed by atoms with van der Waals surface area (Å²) < 4.78 is 0. The van der Waals surface area contributed by atoms with Gasteiger partial charge in [-0.05, 0) is 34.6 Å². The molecule has 0 aliphatic heterocycles. The van der Waals surface area contributed by atoms with Gasteiger partial charge in [0.25, 0.3) is 0 Å². The van der Waals surface area contributed by atoms with Crippen LogP contribution >= 0.6 is 0 Å². The topological polar surface area (TPSA) is 77.8 Å². The summed E-state index contributed by atoms with van der Waals surface area (Å²) in [6, 6.07) is 0. The molecule has 0 heterocycles. The normalized spacial score (nSPS) is 17.1. The van der Waals surface area contributed by atoms with Gasteiger partial charge in [-0.25, -0.2) is 0 Å². The molecule has 2 unspecified atom stereocenters. The average Bonchev–Trinajstić information content (AvgIpc) is 2.01. The Bertz CT molecular complexity index is 172. The Balaban J connectivity index is 0. The highest BCUT2D eigenvalue weighted by Crippen LogP contribution is 2.11. The number of hydrogen-bond acceptors (Lipinski definition) is 3. The van der Waals surface area contributed by atoms with E-state index < -0.39 is 23.6 Å². The van der Waals surface area contributed by atoms with Crippen LogP contribution in [0.1, 0.15) is 41.5 Å². The molecular formula is C11H24O4. The molecule has 0 aliphatic carbocycles. The molecule has 0 aromatic heterocycles. The summed E-state index contributed by atoms with van der Waals surface area (Å²) in [4.78, 5) is 10.0. The first-order valence-electron chi connectivity index (χ1n) is 5.09. The number of hydrogen-bond donors (Lipinski definition) is 3. The van der Waals surface area contributed by atoms with E-state index >= 15 is 0 Å². The number of carboxylic acid groups (broad SMARTS) is 1. The molecule has 2 atom stereocenters. The fourth-order valence-electron chi connectivity index (χ4n) is 0.403. The molecule has 0 aromatic rings. The molecule has 0 saturated carbocycles. The van der Waals surface area contributed by atoms with Crippen LogP contribution in [0.2, 0.25) is 0 Å². The standard InChI is InChI=1S/C6H14O2.C5H10O2/c1-4(5(2)7)6(3)8;1-5(2,3)4(6)7/h4-8H,1-3H3;1-3H3,(H,6,7). The second-order valence-electron chi connectivity index (χ2n) is 4.90. The summed E-state index contributed by atoms with van der Waals surface area (Å²) in [5.41, 5.74) is -0.583. The van der Waals surface area contributed by atoms with Crippen LogP contribution in [0.4, 0.5) is 0 Å². The highest BCUT2D eigenvalue weighted by molar-refractivity contribution is 5.72. The van der Waals surface area contributed by atoms with E-state index in [4.69, 9.17) is 15.3 Å². The summed E-state index contributed by atoms with van der Waals surface area (Å²) in [5.74, 6) is -0.775. The first-order valence-corrected chi connectivity index (χ1v) is 5.09. The molecule has 0 amide bonds. The Hall–Kier alpha value is -0.610. The second kappa shape index (κ2) is 6.80. The molecule has 0 spiro atoms. The Kier molecular flexibility index (Phi) is 7.62. The van der Waals surface area contributed by atoms with E-state index in [1.165, 1.54) is 0 Å². The number of rotatable bonds is 2. The lowest BCUT2D eigenvalue weighted by Crippen LogP contribution is -2.24. The number of aliphatic carboxylic acids is 1. The number of carbonyl (C=O) groups is 1. The van der Waals surface area contributed by atoms with Gasteiger partial charge in [-0.15, -0.1) is 0 Å². The van der Waals surface area contributed by atoms with Crippen molar-refractivity contribution in [2.45, 2.75) is 53.8 Å². The van der Waals surface area contributed by atoms with Crippen LogP contribution in [0, 0.1) is 11.3 Å². The maximum atomic E-state index is 10.0. The van der Waals surface area contributed by atoms with Crippen molar-refractivity contribution in [3.8, 4) is 0 Å². The smallest absolute Gasteiger partial charge is 0.308 e.